The van der Waals surface area contributed by atoms with Crippen LogP contribution < -0.4 is 0 Å². The maximum absolute atomic E-state index is 11.6. The van der Waals surface area contributed by atoms with Crippen molar-refractivity contribution >= 4 is 5.78 Å². The van der Waals surface area contributed by atoms with Gasteiger partial charge in [-0.25, -0.2) is 0 Å². The molecular formula is C15H14O2. The summed E-state index contributed by atoms with van der Waals surface area (Å²) in [5, 5.41) is 9.83. The van der Waals surface area contributed by atoms with Crippen molar-refractivity contribution < 1.29 is 9.90 Å². The van der Waals surface area contributed by atoms with E-state index in [-0.39, 0.29) is 11.5 Å². The second-order valence-electron chi connectivity index (χ2n) is 3.87. The molecule has 2 rings (SSSR count). The Bertz CT molecular complexity index is 530. The molecular weight excluding hydrogens is 212 g/mol. The van der Waals surface area contributed by atoms with Crippen molar-refractivity contribution in [2.75, 3.05) is 0 Å². The average Bonchev–Trinajstić information content (AvgIpc) is 2.39. The Morgan fingerprint density at radius 2 is 1.82 bits per heavy atom. The topological polar surface area (TPSA) is 37.3 Å². The van der Waals surface area contributed by atoms with Gasteiger partial charge in [0.15, 0.2) is 5.78 Å². The van der Waals surface area contributed by atoms with E-state index in [1.165, 1.54) is 0 Å². The van der Waals surface area contributed by atoms with Crippen LogP contribution in [0.5, 0.6) is 5.75 Å². The number of rotatable bonds is 3. The highest BCUT2D eigenvalue weighted by Gasteiger charge is 2.08. The molecule has 0 aliphatic heterocycles. The number of carbonyl (C=O) groups excluding carboxylic acids is 1. The van der Waals surface area contributed by atoms with Gasteiger partial charge in [-0.15, -0.1) is 0 Å². The third-order valence-corrected chi connectivity index (χ3v) is 2.72. The summed E-state index contributed by atoms with van der Waals surface area (Å²) in [5.41, 5.74) is 2.25. The number of phenolic OH excluding ortho intramolecular Hbond substituents is 1. The van der Waals surface area contributed by atoms with Gasteiger partial charge < -0.3 is 5.11 Å². The minimum Gasteiger partial charge on any atom is -0.507 e. The van der Waals surface area contributed by atoms with Crippen LogP contribution in [0.25, 0.3) is 11.1 Å². The van der Waals surface area contributed by atoms with Crippen molar-refractivity contribution in [3.63, 3.8) is 0 Å². The largest absolute Gasteiger partial charge is 0.507 e. The monoisotopic (exact) mass is 226 g/mol. The van der Waals surface area contributed by atoms with Crippen LogP contribution in [-0.4, -0.2) is 10.9 Å². The Hall–Kier alpha value is -2.09. The van der Waals surface area contributed by atoms with Gasteiger partial charge in [0.25, 0.3) is 0 Å². The Kier molecular flexibility index (Phi) is 3.24. The van der Waals surface area contributed by atoms with Crippen molar-refractivity contribution in [2.24, 2.45) is 0 Å². The molecule has 2 aromatic rings. The Labute approximate surface area is 101 Å². The smallest absolute Gasteiger partial charge is 0.162 e. The zero-order valence-electron chi connectivity index (χ0n) is 9.68. The molecule has 0 aliphatic carbocycles. The molecule has 0 unspecified atom stereocenters. The molecule has 0 spiro atoms. The summed E-state index contributed by atoms with van der Waals surface area (Å²) in [5.74, 6) is 0.283. The van der Waals surface area contributed by atoms with Crippen molar-refractivity contribution in [1.82, 2.24) is 0 Å². The molecule has 0 heterocycles. The van der Waals surface area contributed by atoms with Gasteiger partial charge in [0.2, 0.25) is 0 Å². The number of carbonyl (C=O) groups is 1. The van der Waals surface area contributed by atoms with Gasteiger partial charge in [-0.1, -0.05) is 37.3 Å². The summed E-state index contributed by atoms with van der Waals surface area (Å²) in [6.45, 7) is 1.83. The van der Waals surface area contributed by atoms with E-state index in [1.54, 1.807) is 18.2 Å². The predicted molar refractivity (Wildman–Crippen MR) is 68.2 cm³/mol. The third kappa shape index (κ3) is 2.36. The number of hydrogen-bond donors (Lipinski definition) is 1. The van der Waals surface area contributed by atoms with Gasteiger partial charge in [-0.2, -0.15) is 0 Å². The standard InChI is InChI=1S/C15H14O2/c1-2-14(16)12-8-9-15(17)13(10-12)11-6-4-3-5-7-11/h3-10,17H,2H2,1H3. The fourth-order valence-electron chi connectivity index (χ4n) is 1.76. The number of hydrogen-bond acceptors (Lipinski definition) is 2. The maximum atomic E-state index is 11.6. The van der Waals surface area contributed by atoms with Crippen LogP contribution in [0, 0.1) is 0 Å². The summed E-state index contributed by atoms with van der Waals surface area (Å²) in [4.78, 5) is 11.6. The Morgan fingerprint density at radius 3 is 2.47 bits per heavy atom. The lowest BCUT2D eigenvalue weighted by atomic mass is 9.99. The minimum absolute atomic E-state index is 0.0854. The maximum Gasteiger partial charge on any atom is 0.162 e. The van der Waals surface area contributed by atoms with E-state index in [0.717, 1.165) is 5.56 Å². The first kappa shape index (κ1) is 11.4. The molecule has 86 valence electrons. The molecule has 1 N–H and O–H groups in total. The quantitative estimate of drug-likeness (QED) is 0.811. The summed E-state index contributed by atoms with van der Waals surface area (Å²) in [6.07, 6.45) is 0.471. The van der Waals surface area contributed by atoms with Gasteiger partial charge in [0.05, 0.1) is 0 Å². The fraction of sp³-hybridized carbons (Fsp3) is 0.133. The molecule has 0 aliphatic rings. The predicted octanol–water partition coefficient (Wildman–Crippen LogP) is 3.65. The van der Waals surface area contributed by atoms with E-state index in [4.69, 9.17) is 0 Å². The zero-order valence-corrected chi connectivity index (χ0v) is 9.68. The number of ketones is 1. The fourth-order valence-corrected chi connectivity index (χ4v) is 1.76. The SMILES string of the molecule is CCC(=O)c1ccc(O)c(-c2ccccc2)c1. The third-order valence-electron chi connectivity index (χ3n) is 2.72. The number of aromatic hydroxyl groups is 1. The molecule has 0 atom stereocenters. The van der Waals surface area contributed by atoms with E-state index in [0.29, 0.717) is 17.5 Å². The second-order valence-corrected chi connectivity index (χ2v) is 3.87. The molecule has 2 nitrogen and oxygen atoms in total. The second kappa shape index (κ2) is 4.83. The molecule has 0 amide bonds. The van der Waals surface area contributed by atoms with Crippen LogP contribution in [-0.2, 0) is 0 Å². The highest BCUT2D eigenvalue weighted by molar-refractivity contribution is 5.97. The van der Waals surface area contributed by atoms with Gasteiger partial charge in [0, 0.05) is 17.5 Å². The van der Waals surface area contributed by atoms with E-state index >= 15 is 0 Å². The zero-order chi connectivity index (χ0) is 12.3. The Morgan fingerprint density at radius 1 is 1.12 bits per heavy atom. The summed E-state index contributed by atoms with van der Waals surface area (Å²) in [6, 6.07) is 14.5. The first-order chi connectivity index (χ1) is 8.22. The molecule has 0 saturated carbocycles. The van der Waals surface area contributed by atoms with Gasteiger partial charge >= 0.3 is 0 Å². The number of phenols is 1. The molecule has 0 radical (unpaired) electrons. The van der Waals surface area contributed by atoms with E-state index in [2.05, 4.69) is 0 Å². The molecule has 0 saturated heterocycles. The van der Waals surface area contributed by atoms with Crippen molar-refractivity contribution in [3.8, 4) is 16.9 Å². The Balaban J connectivity index is 2.50. The molecule has 0 fully saturated rings. The highest BCUT2D eigenvalue weighted by atomic mass is 16.3. The molecule has 17 heavy (non-hydrogen) atoms. The normalized spacial score (nSPS) is 10.2. The first-order valence-electron chi connectivity index (χ1n) is 5.64. The lowest BCUT2D eigenvalue weighted by molar-refractivity contribution is 0.0988. The van der Waals surface area contributed by atoms with Crippen LogP contribution in [0.4, 0.5) is 0 Å². The molecule has 0 bridgehead atoms. The van der Waals surface area contributed by atoms with Crippen molar-refractivity contribution in [2.45, 2.75) is 13.3 Å². The summed E-state index contributed by atoms with van der Waals surface area (Å²) >= 11 is 0. The lowest BCUT2D eigenvalue weighted by Crippen LogP contribution is -1.96. The minimum atomic E-state index is 0.0854. The average molecular weight is 226 g/mol. The van der Waals surface area contributed by atoms with Gasteiger partial charge in [-0.05, 0) is 23.8 Å². The van der Waals surface area contributed by atoms with Crippen LogP contribution >= 0.6 is 0 Å². The van der Waals surface area contributed by atoms with Crippen LogP contribution in [0.1, 0.15) is 23.7 Å². The van der Waals surface area contributed by atoms with Crippen LogP contribution in [0.3, 0.4) is 0 Å². The first-order valence-corrected chi connectivity index (χ1v) is 5.64. The van der Waals surface area contributed by atoms with E-state index in [9.17, 15) is 9.90 Å². The van der Waals surface area contributed by atoms with E-state index < -0.39 is 0 Å². The highest BCUT2D eigenvalue weighted by Crippen LogP contribution is 2.30. The lowest BCUT2D eigenvalue weighted by Gasteiger charge is -2.07. The van der Waals surface area contributed by atoms with Crippen LogP contribution in [0.2, 0.25) is 0 Å². The van der Waals surface area contributed by atoms with E-state index in [1.807, 2.05) is 37.3 Å². The summed E-state index contributed by atoms with van der Waals surface area (Å²) in [7, 11) is 0. The van der Waals surface area contributed by atoms with Crippen molar-refractivity contribution in [3.05, 3.63) is 54.1 Å². The molecule has 2 aromatic carbocycles. The summed E-state index contributed by atoms with van der Waals surface area (Å²) < 4.78 is 0. The van der Waals surface area contributed by atoms with Crippen molar-refractivity contribution in [1.29, 1.82) is 0 Å². The molecule has 0 aromatic heterocycles. The van der Waals surface area contributed by atoms with Gasteiger partial charge in [0.1, 0.15) is 5.75 Å². The van der Waals surface area contributed by atoms with Crippen LogP contribution in [0.15, 0.2) is 48.5 Å². The number of benzene rings is 2. The number of Topliss-reactive ketones (excluding diaryl/α,β-unsaturated/α-hetero) is 1. The molecule has 2 heteroatoms. The van der Waals surface area contributed by atoms with Gasteiger partial charge in [-0.3, -0.25) is 4.79 Å².